The summed E-state index contributed by atoms with van der Waals surface area (Å²) in [4.78, 5) is 0. The molecule has 4 rings (SSSR count). The summed E-state index contributed by atoms with van der Waals surface area (Å²) in [6, 6.07) is 1.41. The summed E-state index contributed by atoms with van der Waals surface area (Å²) < 4.78 is 0. The van der Waals surface area contributed by atoms with E-state index in [9.17, 15) is 0 Å². The Labute approximate surface area is 233 Å². The molecule has 0 spiro atoms. The van der Waals surface area contributed by atoms with E-state index >= 15 is 0 Å². The molecule has 0 bridgehead atoms. The minimum atomic E-state index is -0.0380. The molecule has 3 heteroatoms. The van der Waals surface area contributed by atoms with Crippen LogP contribution in [0.25, 0.3) is 0 Å². The molecular formula is C34H65N2P. The topological polar surface area (TPSA) is 24.1 Å². The second-order valence-corrected chi connectivity index (χ2v) is 17.2. The third-order valence-electron chi connectivity index (χ3n) is 12.6. The van der Waals surface area contributed by atoms with E-state index in [-0.39, 0.29) is 7.92 Å². The smallest absolute Gasteiger partial charge is 0.0269 e. The zero-order valence-electron chi connectivity index (χ0n) is 26.1. The summed E-state index contributed by atoms with van der Waals surface area (Å²) in [6.07, 6.45) is 17.3. The summed E-state index contributed by atoms with van der Waals surface area (Å²) in [6.45, 7) is 21.8. The molecule has 2 N–H and O–H groups in total. The van der Waals surface area contributed by atoms with E-state index in [4.69, 9.17) is 0 Å². The minimum Gasteiger partial charge on any atom is -0.311 e. The van der Waals surface area contributed by atoms with Crippen molar-refractivity contribution in [3.8, 4) is 0 Å². The summed E-state index contributed by atoms with van der Waals surface area (Å²) in [5, 5.41) is 8.53. The van der Waals surface area contributed by atoms with Gasteiger partial charge in [-0.2, -0.15) is 0 Å². The maximum atomic E-state index is 4.32. The third-order valence-corrected chi connectivity index (χ3v) is 15.9. The minimum absolute atomic E-state index is 0.0380. The second-order valence-electron chi connectivity index (χ2n) is 14.6. The predicted octanol–water partition coefficient (Wildman–Crippen LogP) is 9.13. The van der Waals surface area contributed by atoms with E-state index in [2.05, 4.69) is 65.8 Å². The predicted molar refractivity (Wildman–Crippen MR) is 166 cm³/mol. The molecule has 2 nitrogen and oxygen atoms in total. The van der Waals surface area contributed by atoms with Crippen molar-refractivity contribution in [1.82, 2.24) is 10.6 Å². The lowest BCUT2D eigenvalue weighted by atomic mass is 9.59. The van der Waals surface area contributed by atoms with Crippen LogP contribution >= 0.6 is 7.92 Å². The number of unbranched alkanes of at least 4 members (excludes halogenated alkanes) is 1. The Balaban J connectivity index is 1.46. The van der Waals surface area contributed by atoms with E-state index in [1.807, 2.05) is 0 Å². The van der Waals surface area contributed by atoms with Crippen LogP contribution in [-0.2, 0) is 0 Å². The Morgan fingerprint density at radius 1 is 0.784 bits per heavy atom. The van der Waals surface area contributed by atoms with Gasteiger partial charge in [-0.25, -0.2) is 0 Å². The molecule has 14 atom stereocenters. The Bertz CT molecular complexity index is 675. The van der Waals surface area contributed by atoms with Gasteiger partial charge in [-0.3, -0.25) is 0 Å². The van der Waals surface area contributed by atoms with Crippen LogP contribution in [0.2, 0.25) is 0 Å². The van der Waals surface area contributed by atoms with E-state index in [0.29, 0.717) is 6.04 Å². The van der Waals surface area contributed by atoms with Crippen LogP contribution in [0, 0.1) is 53.3 Å². The van der Waals surface area contributed by atoms with Crippen molar-refractivity contribution in [1.29, 1.82) is 0 Å². The van der Waals surface area contributed by atoms with Gasteiger partial charge in [-0.15, -0.1) is 0 Å². The molecule has 4 fully saturated rings. The van der Waals surface area contributed by atoms with Gasteiger partial charge in [0, 0.05) is 17.9 Å². The highest BCUT2D eigenvalue weighted by Crippen LogP contribution is 2.57. The molecular weight excluding hydrogens is 467 g/mol. The van der Waals surface area contributed by atoms with Crippen LogP contribution in [-0.4, -0.2) is 36.7 Å². The van der Waals surface area contributed by atoms with Crippen LogP contribution in [0.1, 0.15) is 126 Å². The third kappa shape index (κ3) is 6.64. The van der Waals surface area contributed by atoms with Gasteiger partial charge in [-0.05, 0) is 105 Å². The fourth-order valence-electron chi connectivity index (χ4n) is 10.4. The molecule has 2 saturated carbocycles. The molecule has 2 heterocycles. The number of hydrogen-bond donors (Lipinski definition) is 2. The highest BCUT2D eigenvalue weighted by Gasteiger charge is 2.50. The summed E-state index contributed by atoms with van der Waals surface area (Å²) in [7, 11) is -0.0380. The molecule has 0 radical (unpaired) electrons. The molecule has 2 saturated heterocycles. The molecule has 0 aromatic heterocycles. The van der Waals surface area contributed by atoms with Crippen LogP contribution in [0.15, 0.2) is 0 Å². The molecule has 14 unspecified atom stereocenters. The van der Waals surface area contributed by atoms with Crippen LogP contribution < -0.4 is 10.6 Å². The number of piperidine rings is 2. The Kier molecular flexibility index (Phi) is 11.3. The van der Waals surface area contributed by atoms with Gasteiger partial charge in [-0.1, -0.05) is 101 Å². The Morgan fingerprint density at radius 2 is 1.51 bits per heavy atom. The Hall–Kier alpha value is 0.350. The lowest BCUT2D eigenvalue weighted by Crippen LogP contribution is -2.61. The van der Waals surface area contributed by atoms with Gasteiger partial charge in [0.05, 0.1) is 0 Å². The van der Waals surface area contributed by atoms with Gasteiger partial charge < -0.3 is 10.6 Å². The van der Waals surface area contributed by atoms with Gasteiger partial charge in [0.2, 0.25) is 0 Å². The summed E-state index contributed by atoms with van der Waals surface area (Å²) >= 11 is 0. The van der Waals surface area contributed by atoms with Crippen molar-refractivity contribution in [2.24, 2.45) is 53.3 Å². The highest BCUT2D eigenvalue weighted by molar-refractivity contribution is 7.58. The first-order valence-electron chi connectivity index (χ1n) is 17.0. The van der Waals surface area contributed by atoms with Crippen molar-refractivity contribution in [3.63, 3.8) is 0 Å². The molecule has 2 aliphatic carbocycles. The van der Waals surface area contributed by atoms with E-state index in [1.54, 1.807) is 0 Å². The maximum Gasteiger partial charge on any atom is 0.0269 e. The summed E-state index contributed by atoms with van der Waals surface area (Å²) in [5.41, 5.74) is 0.854. The zero-order valence-corrected chi connectivity index (χ0v) is 27.0. The van der Waals surface area contributed by atoms with Gasteiger partial charge >= 0.3 is 0 Å². The molecule has 2 aliphatic heterocycles. The number of hydrogen-bond acceptors (Lipinski definition) is 2. The fraction of sp³-hybridized carbons (Fsp3) is 1.00. The highest BCUT2D eigenvalue weighted by atomic mass is 31.1. The second kappa shape index (κ2) is 13.8. The SMILES string of the molecule is CCCCC1NC(C)C(P(C)C2CCC(C3CCCC(C)C3C)CN2)C(C)C1C1C(C)CCCC1CC. The standard InChI is InChI=1S/C34H65N2P/c1-9-11-18-30-33(32-23(4)15-12-16-27(32)10-2)25(6)34(26(7)36-30)37(8)31-20-19-28(21-35-31)29-17-13-14-22(3)24(29)5/h22-36H,9-21H2,1-8H3. The molecule has 0 amide bonds. The number of rotatable bonds is 8. The average Bonchev–Trinajstić information content (AvgIpc) is 2.89. The number of nitrogens with one attached hydrogen (secondary N) is 2. The van der Waals surface area contributed by atoms with Gasteiger partial charge in [0.1, 0.15) is 0 Å². The molecule has 216 valence electrons. The molecule has 0 aromatic carbocycles. The monoisotopic (exact) mass is 532 g/mol. The molecule has 37 heavy (non-hydrogen) atoms. The van der Waals surface area contributed by atoms with Crippen molar-refractivity contribution >= 4 is 7.92 Å². The van der Waals surface area contributed by atoms with Crippen LogP contribution in [0.4, 0.5) is 0 Å². The van der Waals surface area contributed by atoms with Gasteiger partial charge in [0.15, 0.2) is 0 Å². The lowest BCUT2D eigenvalue weighted by molar-refractivity contribution is 0.0154. The first-order chi connectivity index (χ1) is 17.8. The van der Waals surface area contributed by atoms with Gasteiger partial charge in [0.25, 0.3) is 0 Å². The maximum absolute atomic E-state index is 4.32. The quantitative estimate of drug-likeness (QED) is 0.305. The van der Waals surface area contributed by atoms with Crippen molar-refractivity contribution in [3.05, 3.63) is 0 Å². The fourth-order valence-corrected chi connectivity index (χ4v) is 13.5. The largest absolute Gasteiger partial charge is 0.311 e. The lowest BCUT2D eigenvalue weighted by Gasteiger charge is -2.56. The molecule has 0 aromatic rings. The zero-order chi connectivity index (χ0) is 26.7. The average molecular weight is 533 g/mol. The normalized spacial score (nSPS) is 48.5. The van der Waals surface area contributed by atoms with Crippen molar-refractivity contribution in [2.75, 3.05) is 13.2 Å². The first-order valence-corrected chi connectivity index (χ1v) is 18.9. The van der Waals surface area contributed by atoms with Crippen LogP contribution in [0.3, 0.4) is 0 Å². The summed E-state index contributed by atoms with van der Waals surface area (Å²) in [5.74, 6) is 9.04. The van der Waals surface area contributed by atoms with Crippen LogP contribution in [0.5, 0.6) is 0 Å². The first kappa shape index (κ1) is 30.3. The molecule has 4 aliphatic rings. The van der Waals surface area contributed by atoms with Crippen molar-refractivity contribution < 1.29 is 0 Å². The van der Waals surface area contributed by atoms with E-state index < -0.39 is 0 Å². The Morgan fingerprint density at radius 3 is 2.19 bits per heavy atom. The van der Waals surface area contributed by atoms with E-state index in [0.717, 1.165) is 70.7 Å². The van der Waals surface area contributed by atoms with Crippen molar-refractivity contribution in [2.45, 2.75) is 149 Å². The van der Waals surface area contributed by atoms with E-state index in [1.165, 1.54) is 83.6 Å².